The first-order valence-electron chi connectivity index (χ1n) is 44.0. The molecule has 0 heterocycles. The zero-order valence-electron chi connectivity index (χ0n) is 87.2. The molecule has 0 saturated carbocycles. The Morgan fingerprint density at radius 3 is 0.576 bits per heavy atom. The van der Waals surface area contributed by atoms with Crippen molar-refractivity contribution in [1.82, 2.24) is 0 Å². The Bertz CT molecular complexity index is 2470. The second kappa shape index (κ2) is 56.9. The summed E-state index contributed by atoms with van der Waals surface area (Å²) in [5.41, 5.74) is -7.76. The minimum atomic E-state index is -4.12. The van der Waals surface area contributed by atoms with Crippen LogP contribution in [0.4, 0.5) is 132 Å². The van der Waals surface area contributed by atoms with E-state index in [1.165, 1.54) is 83.1 Å². The van der Waals surface area contributed by atoms with Crippen molar-refractivity contribution in [2.45, 2.75) is 466 Å². The van der Waals surface area contributed by atoms with Crippen LogP contribution < -0.4 is 0 Å². The summed E-state index contributed by atoms with van der Waals surface area (Å²) in [5, 5.41) is 0. The van der Waals surface area contributed by atoms with Crippen LogP contribution >= 0.6 is 0 Å². The fraction of sp³-hybridized carbons (Fsp3) is 1.00. The van der Waals surface area contributed by atoms with Gasteiger partial charge in [-0.3, -0.25) is 0 Å². The number of hydrogen-bond acceptors (Lipinski definition) is 0. The summed E-state index contributed by atoms with van der Waals surface area (Å²) in [6, 6.07) is 0. The van der Waals surface area contributed by atoms with Crippen molar-refractivity contribution in [2.75, 3.05) is 0 Å². The summed E-state index contributed by atoms with van der Waals surface area (Å²) < 4.78 is 361. The summed E-state index contributed by atoms with van der Waals surface area (Å²) in [7, 11) is 0. The van der Waals surface area contributed by atoms with Gasteiger partial charge >= 0.3 is 61.8 Å². The van der Waals surface area contributed by atoms with Gasteiger partial charge in [-0.25, -0.2) is 0 Å². The van der Waals surface area contributed by atoms with Crippen LogP contribution in [0.2, 0.25) is 0 Å². The monoisotopic (exact) mass is 1900 g/mol. The molecule has 30 heteroatoms. The molecule has 0 rings (SSSR count). The van der Waals surface area contributed by atoms with Crippen LogP contribution in [0.1, 0.15) is 404 Å². The number of hydrogen-bond donors (Lipinski definition) is 0. The molecule has 8 atom stereocenters. The fourth-order valence-electron chi connectivity index (χ4n) is 8.73. The van der Waals surface area contributed by atoms with Gasteiger partial charge in [0.1, 0.15) is 0 Å². The highest BCUT2D eigenvalue weighted by Gasteiger charge is 2.56. The lowest BCUT2D eigenvalue weighted by Gasteiger charge is -2.42. The normalized spacial score (nSPS) is 15.7. The van der Waals surface area contributed by atoms with Gasteiger partial charge in [0, 0.05) is 12.8 Å². The Morgan fingerprint density at radius 2 is 0.528 bits per heavy atom. The van der Waals surface area contributed by atoms with E-state index in [9.17, 15) is 132 Å². The first-order chi connectivity index (χ1) is 53.3. The molecule has 0 amide bonds. The quantitative estimate of drug-likeness (QED) is 0.120. The molecule has 0 aromatic carbocycles. The third-order valence-corrected chi connectivity index (χ3v) is 27.9. The van der Waals surface area contributed by atoms with Gasteiger partial charge in [0.05, 0.1) is 45.3 Å². The molecule has 0 aromatic heterocycles. The lowest BCUT2D eigenvalue weighted by atomic mass is 9.63. The van der Waals surface area contributed by atoms with Crippen LogP contribution in [-0.4, -0.2) is 61.8 Å². The van der Waals surface area contributed by atoms with Crippen LogP contribution in [-0.2, 0) is 0 Å². The molecule has 0 aliphatic carbocycles. The maximum Gasteiger partial charge on any atom is 0.394 e. The predicted molar refractivity (Wildman–Crippen MR) is 466 cm³/mol. The van der Waals surface area contributed by atoms with Crippen molar-refractivity contribution in [3.8, 4) is 0 Å². The Hall–Kier alpha value is -2.10. The van der Waals surface area contributed by atoms with Crippen molar-refractivity contribution in [3.63, 3.8) is 0 Å². The maximum absolute atomic E-state index is 12.3. The first kappa shape index (κ1) is 148. The van der Waals surface area contributed by atoms with Crippen molar-refractivity contribution in [3.05, 3.63) is 0 Å². The van der Waals surface area contributed by atoms with Crippen molar-refractivity contribution < 1.29 is 132 Å². The van der Waals surface area contributed by atoms with Gasteiger partial charge in [0.25, 0.3) is 0 Å². The minimum absolute atomic E-state index is 0.0362. The standard InChI is InChI=1S/C10H22.C9H17F3.C9H20.4C8H15F3.5C7H13F3/c1-8(2)10(6,7)9(3,4)5;1-6(2)8(4,5)7(3)9(10,11)12;1-7(2)8(3)9(4,5)6;2*1-6(2,3)7(4,5)8(9,10)11;2*1-5(2)6(3)7(4)8(9,10)11;1-5(2)6(3,4)7(8,9)10;1-4-6(2,3)5-7(8,9)10;1-4-5-6(2,3)7(8,9)10;1-4-5(2)6(3)7(8,9)10;1-3-6(4-2)5-7(8,9)10/h8H,1-7H3;6-7H,1-5H3;7-8H,1-6H3;2*1-5H3;2*5-7H,1-4H3;5H,1-4H3;2*4-5H2,1-3H3;5-6H,4H2,1-3H3;6H,3-5H2,1-2H3/t;;8-;;;2*6-,7?;;;;5?,6-;/m..1..11...1./s1. The highest BCUT2D eigenvalue weighted by molar-refractivity contribution is 4.91. The van der Waals surface area contributed by atoms with Crippen molar-refractivity contribution in [2.24, 2.45) is 148 Å². The molecule has 0 N–H and O–H groups in total. The van der Waals surface area contributed by atoms with E-state index in [4.69, 9.17) is 0 Å². The van der Waals surface area contributed by atoms with Gasteiger partial charge in [0.15, 0.2) is 0 Å². The summed E-state index contributed by atoms with van der Waals surface area (Å²) in [6.45, 7) is 88.8. The van der Waals surface area contributed by atoms with E-state index >= 15 is 0 Å². The molecule has 0 aliphatic rings. The summed E-state index contributed by atoms with van der Waals surface area (Å²) >= 11 is 0. The molecule has 0 aliphatic heterocycles. The maximum atomic E-state index is 12.3. The molecule has 0 aromatic rings. The van der Waals surface area contributed by atoms with E-state index in [-0.39, 0.29) is 53.8 Å². The average Bonchev–Trinajstić information content (AvgIpc) is 0.786. The summed E-state index contributed by atoms with van der Waals surface area (Å²) in [5.74, 6) is -3.60. The van der Waals surface area contributed by atoms with Gasteiger partial charge in [0.2, 0.25) is 0 Å². The lowest BCUT2D eigenvalue weighted by molar-refractivity contribution is -0.244. The second-order valence-electron chi connectivity index (χ2n) is 44.4. The first-order valence-corrected chi connectivity index (χ1v) is 44.0. The third-order valence-electron chi connectivity index (χ3n) is 27.9. The largest absolute Gasteiger partial charge is 0.394 e. The van der Waals surface area contributed by atoms with E-state index < -0.39 is 142 Å². The Balaban J connectivity index is -0.000000112. The minimum Gasteiger partial charge on any atom is -0.171 e. The second-order valence-corrected chi connectivity index (χ2v) is 44.4. The topological polar surface area (TPSA) is 0 Å². The van der Waals surface area contributed by atoms with E-state index in [2.05, 4.69) is 90.0 Å². The lowest BCUT2D eigenvalue weighted by Crippen LogP contribution is -2.43. The summed E-state index contributed by atoms with van der Waals surface area (Å²) in [6.07, 6.45) is -38.7. The molecule has 0 fully saturated rings. The van der Waals surface area contributed by atoms with E-state index in [1.54, 1.807) is 138 Å². The van der Waals surface area contributed by atoms with Crippen LogP contribution in [0.15, 0.2) is 0 Å². The highest BCUT2D eigenvalue weighted by Crippen LogP contribution is 2.53. The Labute approximate surface area is 743 Å². The van der Waals surface area contributed by atoms with Crippen molar-refractivity contribution >= 4 is 0 Å². The van der Waals surface area contributed by atoms with Crippen LogP contribution in [0.25, 0.3) is 0 Å². The zero-order valence-corrected chi connectivity index (χ0v) is 87.2. The van der Waals surface area contributed by atoms with E-state index in [0.29, 0.717) is 48.3 Å². The van der Waals surface area contributed by atoms with Crippen LogP contribution in [0.3, 0.4) is 0 Å². The molecular formula is C95H184F30. The van der Waals surface area contributed by atoms with Crippen molar-refractivity contribution in [1.29, 1.82) is 0 Å². The molecule has 0 radical (unpaired) electrons. The molecule has 125 heavy (non-hydrogen) atoms. The Morgan fingerprint density at radius 1 is 0.256 bits per heavy atom. The number of halogens is 30. The predicted octanol–water partition coefficient (Wildman–Crippen LogP) is 41.7. The molecular weight excluding hydrogens is 1710 g/mol. The fourth-order valence-corrected chi connectivity index (χ4v) is 8.73. The van der Waals surface area contributed by atoms with Crippen LogP contribution in [0.5, 0.6) is 0 Å². The molecule has 4 unspecified atom stereocenters. The van der Waals surface area contributed by atoms with E-state index in [0.717, 1.165) is 17.8 Å². The molecule has 774 valence electrons. The van der Waals surface area contributed by atoms with Gasteiger partial charge in [-0.05, 0) is 109 Å². The summed E-state index contributed by atoms with van der Waals surface area (Å²) in [4.78, 5) is 0. The molecule has 0 nitrogen and oxygen atoms in total. The molecule has 0 saturated heterocycles. The Kier molecular flexibility index (Phi) is 67.6. The van der Waals surface area contributed by atoms with E-state index in [1.807, 2.05) is 41.5 Å². The number of rotatable bonds is 18. The zero-order chi connectivity index (χ0) is 106. The third kappa shape index (κ3) is 66.0. The SMILES string of the molecule is CC(C)(C)C(C)(C)C(F)(F)F.CC(C)(C)C(C)(C)C(F)(F)F.CC(C)C(C)(C)C(C)(C)C.CC(C)C(C)(C)C(C)C(F)(F)F.CC(C)C(C)(C)C(F)(F)F.CC(C)[C@@H](C)C(C)(C)C.CC(C)[C@@H](C)C(C)C(F)(F)F.CC(C)[C@@H](C)C(C)C(F)(F)F.CCC(C)(C)CC(F)(F)F.CCC(C)[C@@H](C)C(F)(F)F.CCC(CC)CC(F)(F)F.CCCC(C)(C)C(F)(F)F. The van der Waals surface area contributed by atoms with Gasteiger partial charge in [-0.2, -0.15) is 132 Å². The van der Waals surface area contributed by atoms with Gasteiger partial charge < -0.3 is 0 Å². The average molecular weight is 1900 g/mol. The molecule has 0 bridgehead atoms. The van der Waals surface area contributed by atoms with Crippen LogP contribution in [0, 0.1) is 148 Å². The smallest absolute Gasteiger partial charge is 0.171 e. The molecule has 0 spiro atoms. The van der Waals surface area contributed by atoms with Gasteiger partial charge in [-0.1, -0.05) is 385 Å². The highest BCUT2D eigenvalue weighted by atomic mass is 19.4. The number of alkyl halides is 30. The van der Waals surface area contributed by atoms with Gasteiger partial charge in [-0.15, -0.1) is 0 Å².